The molecular formula is C34H34N6O5S. The normalized spacial score (nSPS) is 17.7. The molecule has 1 aliphatic heterocycles. The van der Waals surface area contributed by atoms with Crippen molar-refractivity contribution in [2.24, 2.45) is 7.05 Å². The number of carbonyl (C=O) groups excluding carboxylic acids is 1. The number of para-hydroxylation sites is 1. The quantitative estimate of drug-likeness (QED) is 0.146. The van der Waals surface area contributed by atoms with Gasteiger partial charge in [0.1, 0.15) is 11.5 Å². The van der Waals surface area contributed by atoms with E-state index in [1.807, 2.05) is 91.0 Å². The number of aliphatic hydroxyl groups is 1. The summed E-state index contributed by atoms with van der Waals surface area (Å²) in [6.07, 6.45) is -0.239. The summed E-state index contributed by atoms with van der Waals surface area (Å²) < 4.78 is 20.3. The van der Waals surface area contributed by atoms with Gasteiger partial charge in [-0.3, -0.25) is 0 Å². The van der Waals surface area contributed by atoms with Crippen molar-refractivity contribution in [1.82, 2.24) is 25.5 Å². The molecule has 6 rings (SSSR count). The molecule has 2 heterocycles. The fraction of sp³-hybridized carbons (Fsp3) is 0.235. The molecule has 12 heteroatoms. The Morgan fingerprint density at radius 1 is 0.913 bits per heavy atom. The number of aliphatic hydroxyl groups excluding tert-OH is 1. The third-order valence-corrected chi connectivity index (χ3v) is 8.53. The Morgan fingerprint density at radius 3 is 2.30 bits per heavy atom. The van der Waals surface area contributed by atoms with Crippen LogP contribution in [0.2, 0.25) is 0 Å². The lowest BCUT2D eigenvalue weighted by atomic mass is 10.0. The van der Waals surface area contributed by atoms with Gasteiger partial charge < -0.3 is 30.0 Å². The van der Waals surface area contributed by atoms with Gasteiger partial charge >= 0.3 is 6.03 Å². The van der Waals surface area contributed by atoms with E-state index in [9.17, 15) is 9.90 Å². The minimum atomic E-state index is -0.585. The molecule has 236 valence electrons. The predicted molar refractivity (Wildman–Crippen MR) is 173 cm³/mol. The van der Waals surface area contributed by atoms with Crippen molar-refractivity contribution in [3.05, 3.63) is 125 Å². The molecule has 1 saturated heterocycles. The van der Waals surface area contributed by atoms with Gasteiger partial charge in [0.25, 0.3) is 0 Å². The maximum absolute atomic E-state index is 12.6. The largest absolute Gasteiger partial charge is 0.457 e. The van der Waals surface area contributed by atoms with E-state index in [1.165, 1.54) is 11.8 Å². The summed E-state index contributed by atoms with van der Waals surface area (Å²) in [5.74, 6) is 2.08. The molecule has 46 heavy (non-hydrogen) atoms. The Bertz CT molecular complexity index is 1700. The molecule has 3 unspecified atom stereocenters. The first-order valence-electron chi connectivity index (χ1n) is 14.8. The van der Waals surface area contributed by atoms with Gasteiger partial charge in [-0.05, 0) is 63.5 Å². The van der Waals surface area contributed by atoms with Crippen LogP contribution < -0.4 is 15.4 Å². The number of hydrogen-bond donors (Lipinski definition) is 3. The summed E-state index contributed by atoms with van der Waals surface area (Å²) in [7, 11) is 1.81. The van der Waals surface area contributed by atoms with Crippen molar-refractivity contribution in [3.63, 3.8) is 0 Å². The summed E-state index contributed by atoms with van der Waals surface area (Å²) in [4.78, 5) is 12.6. The number of amides is 2. The Balaban J connectivity index is 1.05. The number of benzene rings is 4. The lowest BCUT2D eigenvalue weighted by Crippen LogP contribution is -2.31. The Kier molecular flexibility index (Phi) is 10.2. The Labute approximate surface area is 270 Å². The number of tetrazole rings is 1. The van der Waals surface area contributed by atoms with Crippen LogP contribution in [0.25, 0.3) is 0 Å². The van der Waals surface area contributed by atoms with Gasteiger partial charge in [-0.2, -0.15) is 0 Å². The van der Waals surface area contributed by atoms with E-state index in [1.54, 1.807) is 23.9 Å². The number of rotatable bonds is 11. The number of nitrogens with zero attached hydrogens (tertiary/aromatic N) is 4. The molecule has 11 nitrogen and oxygen atoms in total. The van der Waals surface area contributed by atoms with Crippen molar-refractivity contribution in [2.75, 3.05) is 11.1 Å². The topological polar surface area (TPSA) is 133 Å². The van der Waals surface area contributed by atoms with Crippen LogP contribution in [0.15, 0.2) is 108 Å². The summed E-state index contributed by atoms with van der Waals surface area (Å²) in [6, 6.07) is 32.0. The van der Waals surface area contributed by atoms with Crippen LogP contribution in [0.3, 0.4) is 0 Å². The van der Waals surface area contributed by atoms with Crippen molar-refractivity contribution in [2.45, 2.75) is 43.2 Å². The monoisotopic (exact) mass is 638 g/mol. The van der Waals surface area contributed by atoms with Crippen molar-refractivity contribution in [3.8, 4) is 11.5 Å². The van der Waals surface area contributed by atoms with Gasteiger partial charge in [-0.15, -0.1) is 5.10 Å². The van der Waals surface area contributed by atoms with Crippen LogP contribution in [0, 0.1) is 0 Å². The average Bonchev–Trinajstić information content (AvgIpc) is 3.52. The smallest absolute Gasteiger partial charge is 0.319 e. The third-order valence-electron chi connectivity index (χ3n) is 7.39. The number of hydrogen-bond acceptors (Lipinski definition) is 9. The lowest BCUT2D eigenvalue weighted by molar-refractivity contribution is -0.245. The van der Waals surface area contributed by atoms with Gasteiger partial charge in [0.05, 0.1) is 18.8 Å². The molecule has 4 aromatic carbocycles. The van der Waals surface area contributed by atoms with E-state index in [0.29, 0.717) is 35.3 Å². The van der Waals surface area contributed by atoms with Crippen LogP contribution in [-0.2, 0) is 29.7 Å². The first-order chi connectivity index (χ1) is 22.5. The highest BCUT2D eigenvalue weighted by molar-refractivity contribution is 7.99. The highest BCUT2D eigenvalue weighted by Crippen LogP contribution is 2.39. The van der Waals surface area contributed by atoms with Crippen molar-refractivity contribution in [1.29, 1.82) is 0 Å². The average molecular weight is 639 g/mol. The summed E-state index contributed by atoms with van der Waals surface area (Å²) in [5, 5.41) is 27.6. The number of ether oxygens (including phenoxy) is 3. The second kappa shape index (κ2) is 15.0. The predicted octanol–water partition coefficient (Wildman–Crippen LogP) is 6.15. The van der Waals surface area contributed by atoms with Gasteiger partial charge in [0.2, 0.25) is 5.16 Å². The molecule has 1 aliphatic rings. The molecule has 0 bridgehead atoms. The van der Waals surface area contributed by atoms with Crippen molar-refractivity contribution >= 4 is 23.5 Å². The molecule has 0 aliphatic carbocycles. The van der Waals surface area contributed by atoms with E-state index in [4.69, 9.17) is 14.2 Å². The standard InChI is InChI=1S/C34H34N6O5S/c1-40-34(37-38-39-40)46-22-30-19-31(25-11-9-24(21-41)10-12-25)45-32(44-30)26-13-7-23(8-14-26)20-35-33(42)36-27-15-17-29(18-16-27)43-28-5-3-2-4-6-28/h2-18,30-32,41H,19-22H2,1H3,(H2,35,36,42). The first kappa shape index (κ1) is 31.2. The van der Waals surface area contributed by atoms with E-state index in [0.717, 1.165) is 28.0 Å². The summed E-state index contributed by atoms with van der Waals surface area (Å²) in [5.41, 5.74) is 4.32. The molecule has 1 fully saturated rings. The lowest BCUT2D eigenvalue weighted by Gasteiger charge is -2.36. The maximum Gasteiger partial charge on any atom is 0.319 e. The number of nitrogens with one attached hydrogen (secondary N) is 2. The highest BCUT2D eigenvalue weighted by Gasteiger charge is 2.32. The van der Waals surface area contributed by atoms with Crippen LogP contribution in [-0.4, -0.2) is 43.2 Å². The zero-order chi connectivity index (χ0) is 31.7. The zero-order valence-corrected chi connectivity index (χ0v) is 26.0. The van der Waals surface area contributed by atoms with E-state index in [-0.39, 0.29) is 24.8 Å². The summed E-state index contributed by atoms with van der Waals surface area (Å²) >= 11 is 1.53. The van der Waals surface area contributed by atoms with Crippen LogP contribution in [0.4, 0.5) is 10.5 Å². The molecule has 1 aromatic heterocycles. The van der Waals surface area contributed by atoms with E-state index in [2.05, 4.69) is 26.2 Å². The first-order valence-corrected chi connectivity index (χ1v) is 15.8. The van der Waals surface area contributed by atoms with E-state index < -0.39 is 6.29 Å². The minimum Gasteiger partial charge on any atom is -0.457 e. The van der Waals surface area contributed by atoms with Crippen molar-refractivity contribution < 1.29 is 24.1 Å². The summed E-state index contributed by atoms with van der Waals surface area (Å²) in [6.45, 7) is 0.335. The third kappa shape index (κ3) is 8.29. The number of urea groups is 1. The molecule has 5 aromatic rings. The number of anilines is 1. The highest BCUT2D eigenvalue weighted by atomic mass is 32.2. The Hall–Kier alpha value is -4.75. The Morgan fingerprint density at radius 2 is 1.61 bits per heavy atom. The number of aryl methyl sites for hydroxylation is 1. The number of aromatic nitrogens is 4. The maximum atomic E-state index is 12.6. The fourth-order valence-electron chi connectivity index (χ4n) is 4.91. The van der Waals surface area contributed by atoms with Crippen LogP contribution >= 0.6 is 11.8 Å². The molecule has 3 N–H and O–H groups in total. The molecule has 0 saturated carbocycles. The van der Waals surface area contributed by atoms with Gasteiger partial charge in [-0.1, -0.05) is 78.5 Å². The molecule has 0 radical (unpaired) electrons. The number of carbonyl (C=O) groups is 1. The molecule has 2 amide bonds. The van der Waals surface area contributed by atoms with Crippen LogP contribution in [0.5, 0.6) is 11.5 Å². The molecular weight excluding hydrogens is 604 g/mol. The van der Waals surface area contributed by atoms with Gasteiger partial charge in [-0.25, -0.2) is 9.48 Å². The van der Waals surface area contributed by atoms with E-state index >= 15 is 0 Å². The molecule has 3 atom stereocenters. The zero-order valence-electron chi connectivity index (χ0n) is 25.2. The van der Waals surface area contributed by atoms with Crippen LogP contribution in [0.1, 0.15) is 41.1 Å². The minimum absolute atomic E-state index is 0.0108. The SMILES string of the molecule is Cn1nnnc1SCC1CC(c2ccc(CO)cc2)OC(c2ccc(CNC(=O)Nc3ccc(Oc4ccccc4)cc3)cc2)O1. The fourth-order valence-corrected chi connectivity index (χ4v) is 5.78. The second-order valence-corrected chi connectivity index (χ2v) is 11.7. The van der Waals surface area contributed by atoms with Gasteiger partial charge in [0.15, 0.2) is 6.29 Å². The van der Waals surface area contributed by atoms with Gasteiger partial charge in [0, 0.05) is 37.0 Å². The second-order valence-electron chi connectivity index (χ2n) is 10.7. The molecule has 0 spiro atoms. The number of thioether (sulfide) groups is 1.